The first kappa shape index (κ1) is 16.1. The molecule has 0 aliphatic rings. The molecule has 1 aromatic carbocycles. The number of rotatable bonds is 6. The molecule has 1 aromatic rings. The molecule has 19 heavy (non-hydrogen) atoms. The lowest BCUT2D eigenvalue weighted by Gasteiger charge is -2.12. The van der Waals surface area contributed by atoms with E-state index in [2.05, 4.69) is 5.32 Å². The van der Waals surface area contributed by atoms with Crippen LogP contribution in [0.5, 0.6) is 0 Å². The van der Waals surface area contributed by atoms with Crippen LogP contribution in [-0.2, 0) is 10.0 Å². The fraction of sp³-hybridized carbons (Fsp3) is 0.400. The average Bonchev–Trinajstić information content (AvgIpc) is 2.28. The predicted octanol–water partition coefficient (Wildman–Crippen LogP) is 1.50. The summed E-state index contributed by atoms with van der Waals surface area (Å²) in [6.07, 6.45) is 0. The van der Waals surface area contributed by atoms with E-state index >= 15 is 0 Å². The second kappa shape index (κ2) is 6.48. The number of nitro benzene ring substituents is 1. The molecular formula is C10H14IN3O4S. The smallest absolute Gasteiger partial charge is 0.282 e. The molecule has 106 valence electrons. The largest absolute Gasteiger partial charge is 0.384 e. The van der Waals surface area contributed by atoms with Gasteiger partial charge in [0, 0.05) is 32.4 Å². The van der Waals surface area contributed by atoms with Gasteiger partial charge in [-0.05, 0) is 34.7 Å². The van der Waals surface area contributed by atoms with Gasteiger partial charge in [0.15, 0.2) is 0 Å². The lowest BCUT2D eigenvalue weighted by atomic mass is 10.3. The van der Waals surface area contributed by atoms with Crippen molar-refractivity contribution in [2.75, 3.05) is 31.7 Å². The van der Waals surface area contributed by atoms with Gasteiger partial charge in [0.1, 0.15) is 0 Å². The van der Waals surface area contributed by atoms with Crippen molar-refractivity contribution in [1.29, 1.82) is 0 Å². The zero-order valence-corrected chi connectivity index (χ0v) is 13.4. The zero-order valence-electron chi connectivity index (χ0n) is 10.5. The Hall–Kier alpha value is -0.940. The van der Waals surface area contributed by atoms with Crippen LogP contribution in [-0.4, -0.2) is 44.0 Å². The third-order valence-electron chi connectivity index (χ3n) is 2.39. The number of nitrogens with zero attached hydrogens (tertiary/aromatic N) is 2. The topological polar surface area (TPSA) is 92.6 Å². The fourth-order valence-corrected chi connectivity index (χ4v) is 2.71. The molecule has 0 bridgehead atoms. The number of nitro groups is 1. The van der Waals surface area contributed by atoms with Crippen molar-refractivity contribution >= 4 is 44.0 Å². The van der Waals surface area contributed by atoms with E-state index in [-0.39, 0.29) is 18.0 Å². The van der Waals surface area contributed by atoms with Gasteiger partial charge in [-0.1, -0.05) is 0 Å². The van der Waals surface area contributed by atoms with Crippen LogP contribution >= 0.6 is 22.6 Å². The van der Waals surface area contributed by atoms with Gasteiger partial charge in [-0.15, -0.1) is 0 Å². The van der Waals surface area contributed by atoms with Gasteiger partial charge >= 0.3 is 0 Å². The average molecular weight is 399 g/mol. The van der Waals surface area contributed by atoms with Gasteiger partial charge in [0.05, 0.1) is 14.2 Å². The summed E-state index contributed by atoms with van der Waals surface area (Å²) in [5, 5.41) is 13.6. The molecule has 0 saturated heterocycles. The number of hydrogen-bond acceptors (Lipinski definition) is 5. The van der Waals surface area contributed by atoms with Crippen molar-refractivity contribution in [3.8, 4) is 0 Å². The molecule has 0 fully saturated rings. The summed E-state index contributed by atoms with van der Waals surface area (Å²) in [5.74, 6) is -0.0342. The first-order chi connectivity index (χ1) is 8.74. The molecule has 0 atom stereocenters. The van der Waals surface area contributed by atoms with Crippen molar-refractivity contribution < 1.29 is 13.3 Å². The Kier molecular flexibility index (Phi) is 5.50. The molecule has 0 spiro atoms. The highest BCUT2D eigenvalue weighted by atomic mass is 127. The number of hydrogen-bond donors (Lipinski definition) is 1. The molecule has 1 N–H and O–H groups in total. The minimum absolute atomic E-state index is 0.0342. The van der Waals surface area contributed by atoms with Crippen LogP contribution in [0.3, 0.4) is 0 Å². The zero-order chi connectivity index (χ0) is 14.6. The number of anilines is 1. The molecule has 9 heteroatoms. The molecule has 0 radical (unpaired) electrons. The molecule has 0 aliphatic heterocycles. The van der Waals surface area contributed by atoms with Gasteiger partial charge in [-0.2, -0.15) is 0 Å². The summed E-state index contributed by atoms with van der Waals surface area (Å²) in [4.78, 5) is 10.2. The van der Waals surface area contributed by atoms with Crippen molar-refractivity contribution in [2.24, 2.45) is 0 Å². The van der Waals surface area contributed by atoms with Gasteiger partial charge < -0.3 is 5.32 Å². The normalized spacial score (nSPS) is 11.6. The van der Waals surface area contributed by atoms with Crippen molar-refractivity contribution in [2.45, 2.75) is 0 Å². The van der Waals surface area contributed by atoms with E-state index in [1.165, 1.54) is 20.2 Å². The first-order valence-corrected chi connectivity index (χ1v) is 8.01. The van der Waals surface area contributed by atoms with Crippen molar-refractivity contribution in [3.63, 3.8) is 0 Å². The van der Waals surface area contributed by atoms with Gasteiger partial charge in [-0.25, -0.2) is 12.7 Å². The standard InChI is InChI=1S/C10H14IN3O4S/c1-13(2)19(17,18)6-5-12-8-3-4-10(14(15)16)9(11)7-8/h3-4,7,12H,5-6H2,1-2H3. The Morgan fingerprint density at radius 2 is 2.05 bits per heavy atom. The highest BCUT2D eigenvalue weighted by molar-refractivity contribution is 14.1. The Bertz CT molecular complexity index is 574. The lowest BCUT2D eigenvalue weighted by molar-refractivity contribution is -0.385. The maximum absolute atomic E-state index is 11.5. The minimum atomic E-state index is -3.24. The van der Waals surface area contributed by atoms with E-state index in [9.17, 15) is 18.5 Å². The summed E-state index contributed by atoms with van der Waals surface area (Å²) in [6.45, 7) is 0.244. The monoisotopic (exact) mass is 399 g/mol. The molecule has 7 nitrogen and oxygen atoms in total. The summed E-state index contributed by atoms with van der Waals surface area (Å²) in [5.41, 5.74) is 0.691. The van der Waals surface area contributed by atoms with Crippen LogP contribution in [0.2, 0.25) is 0 Å². The van der Waals surface area contributed by atoms with Gasteiger partial charge in [0.2, 0.25) is 10.0 Å². The Balaban J connectivity index is 2.65. The van der Waals surface area contributed by atoms with E-state index in [0.29, 0.717) is 9.26 Å². The summed E-state index contributed by atoms with van der Waals surface area (Å²) >= 11 is 1.87. The van der Waals surface area contributed by atoms with E-state index in [0.717, 1.165) is 4.31 Å². The van der Waals surface area contributed by atoms with Gasteiger partial charge in [-0.3, -0.25) is 10.1 Å². The summed E-state index contributed by atoms with van der Waals surface area (Å²) in [7, 11) is -0.287. The van der Waals surface area contributed by atoms with Crippen LogP contribution in [0.25, 0.3) is 0 Å². The van der Waals surface area contributed by atoms with Crippen molar-refractivity contribution in [1.82, 2.24) is 4.31 Å². The lowest BCUT2D eigenvalue weighted by Crippen LogP contribution is -2.28. The molecule has 0 saturated carbocycles. The predicted molar refractivity (Wildman–Crippen MR) is 81.8 cm³/mol. The number of benzene rings is 1. The van der Waals surface area contributed by atoms with Crippen LogP contribution in [0, 0.1) is 13.7 Å². The second-order valence-electron chi connectivity index (χ2n) is 3.95. The maximum atomic E-state index is 11.5. The summed E-state index contributed by atoms with van der Waals surface area (Å²) in [6, 6.07) is 4.56. The van der Waals surface area contributed by atoms with Crippen LogP contribution in [0.15, 0.2) is 18.2 Å². The number of nitrogens with one attached hydrogen (secondary N) is 1. The molecule has 0 unspecified atom stereocenters. The number of sulfonamides is 1. The molecular weight excluding hydrogens is 385 g/mol. The quantitative estimate of drug-likeness (QED) is 0.445. The van der Waals surface area contributed by atoms with Crippen LogP contribution in [0.1, 0.15) is 0 Å². The molecule has 0 aromatic heterocycles. The fourth-order valence-electron chi connectivity index (χ4n) is 1.27. The highest BCUT2D eigenvalue weighted by Gasteiger charge is 2.14. The third kappa shape index (κ3) is 4.58. The second-order valence-corrected chi connectivity index (χ2v) is 7.41. The van der Waals surface area contributed by atoms with E-state index in [1.54, 1.807) is 12.1 Å². The van der Waals surface area contributed by atoms with E-state index in [1.807, 2.05) is 22.6 Å². The summed E-state index contributed by atoms with van der Waals surface area (Å²) < 4.78 is 24.7. The molecule has 0 amide bonds. The third-order valence-corrected chi connectivity index (χ3v) is 5.09. The van der Waals surface area contributed by atoms with Crippen LogP contribution < -0.4 is 5.32 Å². The Morgan fingerprint density at radius 1 is 1.42 bits per heavy atom. The number of halogens is 1. The first-order valence-electron chi connectivity index (χ1n) is 5.32. The molecule has 0 heterocycles. The maximum Gasteiger partial charge on any atom is 0.282 e. The Labute approximate surface area is 125 Å². The van der Waals surface area contributed by atoms with E-state index < -0.39 is 14.9 Å². The van der Waals surface area contributed by atoms with E-state index in [4.69, 9.17) is 0 Å². The molecule has 1 rings (SSSR count). The minimum Gasteiger partial charge on any atom is -0.384 e. The van der Waals surface area contributed by atoms with Crippen molar-refractivity contribution in [3.05, 3.63) is 31.9 Å². The molecule has 0 aliphatic carbocycles. The SMILES string of the molecule is CN(C)S(=O)(=O)CCNc1ccc([N+](=O)[O-])c(I)c1. The highest BCUT2D eigenvalue weighted by Crippen LogP contribution is 2.23. The Morgan fingerprint density at radius 3 is 2.53 bits per heavy atom. The van der Waals surface area contributed by atoms with Gasteiger partial charge in [0.25, 0.3) is 5.69 Å². The van der Waals surface area contributed by atoms with Crippen LogP contribution in [0.4, 0.5) is 11.4 Å².